The molecule has 0 unspecified atom stereocenters. The van der Waals surface area contributed by atoms with E-state index in [1.54, 1.807) is 17.4 Å². The second-order valence-corrected chi connectivity index (χ2v) is 4.42. The van der Waals surface area contributed by atoms with Crippen molar-refractivity contribution in [2.24, 2.45) is 0 Å². The zero-order valence-corrected chi connectivity index (χ0v) is 8.32. The maximum absolute atomic E-state index is 9.36. The average Bonchev–Trinajstić information content (AvgIpc) is 2.54. The van der Waals surface area contributed by atoms with Crippen LogP contribution in [0.25, 0.3) is 10.1 Å². The summed E-state index contributed by atoms with van der Waals surface area (Å²) >= 11 is 1.70. The number of hydrogen-bond donors (Lipinski definition) is 3. The molecule has 0 fully saturated rings. The van der Waals surface area contributed by atoms with Crippen molar-refractivity contribution in [3.8, 4) is 5.75 Å². The molecule has 0 atom stereocenters. The minimum absolute atomic E-state index is 0.337. The lowest BCUT2D eigenvalue weighted by Gasteiger charge is -2.14. The molecular formula is C10H10N2OS. The Morgan fingerprint density at radius 3 is 3.21 bits per heavy atom. The Hall–Kier alpha value is -1.26. The number of benzene rings is 1. The molecule has 3 N–H and O–H groups in total. The molecule has 0 amide bonds. The lowest BCUT2D eigenvalue weighted by atomic mass is 10.1. The quantitative estimate of drug-likeness (QED) is 0.618. The van der Waals surface area contributed by atoms with E-state index in [9.17, 15) is 5.11 Å². The number of aromatic hydroxyl groups is 1. The highest BCUT2D eigenvalue weighted by atomic mass is 32.1. The minimum Gasteiger partial charge on any atom is -0.508 e. The van der Waals surface area contributed by atoms with Gasteiger partial charge in [0.1, 0.15) is 5.75 Å². The molecule has 0 radical (unpaired) electrons. The number of phenolic OH excluding ortho intramolecular Hbond substituents is 1. The van der Waals surface area contributed by atoms with Crippen LogP contribution in [-0.2, 0) is 6.54 Å². The Labute approximate surface area is 85.4 Å². The third-order valence-electron chi connectivity index (χ3n) is 2.45. The SMILES string of the molecule is Oc1ccc2c3c(sc2c1)NCNC3. The molecule has 14 heavy (non-hydrogen) atoms. The van der Waals surface area contributed by atoms with E-state index in [1.807, 2.05) is 12.1 Å². The Bertz CT molecular complexity index is 492. The van der Waals surface area contributed by atoms with Crippen LogP contribution < -0.4 is 10.6 Å². The summed E-state index contributed by atoms with van der Waals surface area (Å²) in [6.07, 6.45) is 0. The number of hydrogen-bond acceptors (Lipinski definition) is 4. The van der Waals surface area contributed by atoms with E-state index in [2.05, 4.69) is 10.6 Å². The lowest BCUT2D eigenvalue weighted by molar-refractivity contribution is 0.476. The fourth-order valence-electron chi connectivity index (χ4n) is 1.79. The van der Waals surface area contributed by atoms with Crippen molar-refractivity contribution in [2.45, 2.75) is 6.54 Å². The van der Waals surface area contributed by atoms with Gasteiger partial charge in [0.2, 0.25) is 0 Å². The van der Waals surface area contributed by atoms with E-state index in [-0.39, 0.29) is 0 Å². The molecule has 0 saturated carbocycles. The number of thiophene rings is 1. The van der Waals surface area contributed by atoms with Gasteiger partial charge in [-0.3, -0.25) is 5.32 Å². The topological polar surface area (TPSA) is 44.3 Å². The minimum atomic E-state index is 0.337. The summed E-state index contributed by atoms with van der Waals surface area (Å²) in [4.78, 5) is 0. The van der Waals surface area contributed by atoms with E-state index in [0.29, 0.717) is 5.75 Å². The average molecular weight is 206 g/mol. The zero-order valence-electron chi connectivity index (χ0n) is 7.50. The van der Waals surface area contributed by atoms with Crippen LogP contribution in [0.5, 0.6) is 5.75 Å². The number of phenols is 1. The summed E-state index contributed by atoms with van der Waals surface area (Å²) in [6, 6.07) is 5.54. The number of anilines is 1. The van der Waals surface area contributed by atoms with Crippen LogP contribution >= 0.6 is 11.3 Å². The molecule has 4 heteroatoms. The second-order valence-electron chi connectivity index (χ2n) is 3.37. The summed E-state index contributed by atoms with van der Waals surface area (Å²) in [5, 5.41) is 18.4. The van der Waals surface area contributed by atoms with Gasteiger partial charge in [0.05, 0.1) is 11.7 Å². The molecule has 0 saturated heterocycles. The van der Waals surface area contributed by atoms with Crippen LogP contribution in [0.15, 0.2) is 18.2 Å². The summed E-state index contributed by atoms with van der Waals surface area (Å²) in [6.45, 7) is 1.74. The predicted octanol–water partition coefficient (Wildman–Crippen LogP) is 2.08. The van der Waals surface area contributed by atoms with Crippen molar-refractivity contribution < 1.29 is 5.11 Å². The Morgan fingerprint density at radius 2 is 2.29 bits per heavy atom. The lowest BCUT2D eigenvalue weighted by Crippen LogP contribution is -2.26. The third kappa shape index (κ3) is 1.08. The smallest absolute Gasteiger partial charge is 0.117 e. The number of nitrogens with one attached hydrogen (secondary N) is 2. The molecule has 1 aliphatic heterocycles. The molecule has 2 heterocycles. The van der Waals surface area contributed by atoms with Crippen molar-refractivity contribution in [2.75, 3.05) is 12.0 Å². The molecule has 72 valence electrons. The molecule has 2 aromatic rings. The summed E-state index contributed by atoms with van der Waals surface area (Å²) in [5.74, 6) is 0.337. The monoisotopic (exact) mass is 206 g/mol. The van der Waals surface area contributed by atoms with Gasteiger partial charge in [-0.15, -0.1) is 11.3 Å². The maximum Gasteiger partial charge on any atom is 0.117 e. The van der Waals surface area contributed by atoms with E-state index in [4.69, 9.17) is 0 Å². The van der Waals surface area contributed by atoms with Crippen LogP contribution in [-0.4, -0.2) is 11.8 Å². The molecule has 3 rings (SSSR count). The van der Waals surface area contributed by atoms with Gasteiger partial charge in [0.15, 0.2) is 0 Å². The first-order chi connectivity index (χ1) is 6.84. The zero-order chi connectivity index (χ0) is 9.54. The van der Waals surface area contributed by atoms with E-state index in [1.165, 1.54) is 16.0 Å². The summed E-state index contributed by atoms with van der Waals surface area (Å²) < 4.78 is 1.14. The highest BCUT2D eigenvalue weighted by molar-refractivity contribution is 7.23. The molecule has 1 aromatic heterocycles. The molecule has 0 bridgehead atoms. The molecular weight excluding hydrogens is 196 g/mol. The van der Waals surface area contributed by atoms with Gasteiger partial charge >= 0.3 is 0 Å². The third-order valence-corrected chi connectivity index (χ3v) is 3.60. The number of fused-ring (bicyclic) bond motifs is 3. The van der Waals surface area contributed by atoms with Crippen molar-refractivity contribution in [1.82, 2.24) is 5.32 Å². The first-order valence-electron chi connectivity index (χ1n) is 4.53. The van der Waals surface area contributed by atoms with Crippen LogP contribution in [0, 0.1) is 0 Å². The van der Waals surface area contributed by atoms with Crippen LogP contribution in [0.1, 0.15) is 5.56 Å². The molecule has 0 spiro atoms. The van der Waals surface area contributed by atoms with Crippen molar-refractivity contribution in [1.29, 1.82) is 0 Å². The maximum atomic E-state index is 9.36. The van der Waals surface area contributed by atoms with E-state index in [0.717, 1.165) is 17.9 Å². The van der Waals surface area contributed by atoms with E-state index >= 15 is 0 Å². The number of rotatable bonds is 0. The normalized spacial score (nSPS) is 15.1. The molecule has 0 aliphatic carbocycles. The predicted molar refractivity (Wildman–Crippen MR) is 58.8 cm³/mol. The Balaban J connectivity index is 2.31. The largest absolute Gasteiger partial charge is 0.508 e. The highest BCUT2D eigenvalue weighted by Crippen LogP contribution is 2.38. The van der Waals surface area contributed by atoms with Gasteiger partial charge in [0.25, 0.3) is 0 Å². The van der Waals surface area contributed by atoms with Crippen molar-refractivity contribution in [3.05, 3.63) is 23.8 Å². The van der Waals surface area contributed by atoms with Gasteiger partial charge < -0.3 is 10.4 Å². The van der Waals surface area contributed by atoms with Crippen molar-refractivity contribution in [3.63, 3.8) is 0 Å². The van der Waals surface area contributed by atoms with Crippen molar-refractivity contribution >= 4 is 26.4 Å². The van der Waals surface area contributed by atoms with E-state index < -0.39 is 0 Å². The van der Waals surface area contributed by atoms with Gasteiger partial charge in [-0.25, -0.2) is 0 Å². The fourth-order valence-corrected chi connectivity index (χ4v) is 2.94. The summed E-state index contributed by atoms with van der Waals surface area (Å²) in [7, 11) is 0. The molecule has 1 aromatic carbocycles. The van der Waals surface area contributed by atoms with Gasteiger partial charge in [-0.05, 0) is 23.6 Å². The van der Waals surface area contributed by atoms with Gasteiger partial charge in [-0.1, -0.05) is 0 Å². The van der Waals surface area contributed by atoms with Crippen LogP contribution in [0.2, 0.25) is 0 Å². The standard InChI is InChI=1S/C10H10N2OS/c13-6-1-2-7-8-4-11-5-12-10(8)14-9(7)3-6/h1-3,11-13H,4-5H2. The van der Waals surface area contributed by atoms with Crippen LogP contribution in [0.4, 0.5) is 5.00 Å². The summed E-state index contributed by atoms with van der Waals surface area (Å²) in [5.41, 5.74) is 1.32. The first kappa shape index (κ1) is 8.08. The Morgan fingerprint density at radius 1 is 1.36 bits per heavy atom. The first-order valence-corrected chi connectivity index (χ1v) is 5.35. The fraction of sp³-hybridized carbons (Fsp3) is 0.200. The van der Waals surface area contributed by atoms with Gasteiger partial charge in [0, 0.05) is 16.8 Å². The van der Waals surface area contributed by atoms with Gasteiger partial charge in [-0.2, -0.15) is 0 Å². The highest BCUT2D eigenvalue weighted by Gasteiger charge is 2.14. The van der Waals surface area contributed by atoms with Crippen LogP contribution in [0.3, 0.4) is 0 Å². The second kappa shape index (κ2) is 2.87. The Kier molecular flexibility index (Phi) is 1.65. The molecule has 3 nitrogen and oxygen atoms in total. The molecule has 1 aliphatic rings.